The lowest BCUT2D eigenvalue weighted by Crippen LogP contribution is -2.05. The van der Waals surface area contributed by atoms with Gasteiger partial charge in [-0.25, -0.2) is 4.39 Å². The second-order valence-electron chi connectivity index (χ2n) is 4.87. The van der Waals surface area contributed by atoms with Crippen LogP contribution in [0, 0.1) is 5.82 Å². The van der Waals surface area contributed by atoms with E-state index >= 15 is 0 Å². The first-order valence-electron chi connectivity index (χ1n) is 6.61. The van der Waals surface area contributed by atoms with Crippen LogP contribution in [-0.2, 0) is 6.42 Å². The Morgan fingerprint density at radius 1 is 1.14 bits per heavy atom. The summed E-state index contributed by atoms with van der Waals surface area (Å²) in [6.07, 6.45) is 1.17. The lowest BCUT2D eigenvalue weighted by molar-refractivity contribution is 0.175. The fourth-order valence-corrected chi connectivity index (χ4v) is 2.65. The number of aromatic nitrogens is 1. The van der Waals surface area contributed by atoms with Crippen molar-refractivity contribution in [3.63, 3.8) is 0 Å². The van der Waals surface area contributed by atoms with E-state index < -0.39 is 6.10 Å². The van der Waals surface area contributed by atoms with Crippen LogP contribution in [0.1, 0.15) is 17.4 Å². The summed E-state index contributed by atoms with van der Waals surface area (Å²) < 4.78 is 13.1. The van der Waals surface area contributed by atoms with Gasteiger partial charge in [0.2, 0.25) is 0 Å². The quantitative estimate of drug-likeness (QED) is 0.782. The minimum atomic E-state index is -0.793. The minimum absolute atomic E-state index is 0.292. The van der Waals surface area contributed by atoms with Gasteiger partial charge >= 0.3 is 0 Å². The minimum Gasteiger partial charge on any atom is -0.386 e. The topological polar surface area (TPSA) is 33.1 Å². The van der Waals surface area contributed by atoms with Crippen LogP contribution in [0.15, 0.2) is 54.7 Å². The molecule has 0 aliphatic carbocycles. The van der Waals surface area contributed by atoms with Crippen LogP contribution >= 0.6 is 11.6 Å². The van der Waals surface area contributed by atoms with E-state index in [-0.39, 0.29) is 5.82 Å². The van der Waals surface area contributed by atoms with Crippen molar-refractivity contribution in [3.05, 3.63) is 76.8 Å². The van der Waals surface area contributed by atoms with Gasteiger partial charge in [0.15, 0.2) is 0 Å². The molecule has 0 fully saturated rings. The molecule has 0 saturated carbocycles. The molecule has 106 valence electrons. The van der Waals surface area contributed by atoms with Gasteiger partial charge in [0, 0.05) is 23.0 Å². The molecule has 0 amide bonds. The Hall–Kier alpha value is -1.97. The van der Waals surface area contributed by atoms with Crippen molar-refractivity contribution in [2.75, 3.05) is 0 Å². The van der Waals surface area contributed by atoms with Gasteiger partial charge < -0.3 is 5.11 Å². The molecular formula is C17H13ClFNO. The largest absolute Gasteiger partial charge is 0.386 e. The SMILES string of the molecule is OC(Cc1ccc(F)cc1Cl)c1nccc2ccccc12. The Morgan fingerprint density at radius 2 is 1.95 bits per heavy atom. The van der Waals surface area contributed by atoms with Crippen LogP contribution in [0.3, 0.4) is 0 Å². The van der Waals surface area contributed by atoms with E-state index in [1.807, 2.05) is 30.3 Å². The number of hydrogen-bond acceptors (Lipinski definition) is 2. The summed E-state index contributed by atoms with van der Waals surface area (Å²) in [7, 11) is 0. The average Bonchev–Trinajstić information content (AvgIpc) is 2.49. The summed E-state index contributed by atoms with van der Waals surface area (Å²) >= 11 is 6.01. The monoisotopic (exact) mass is 301 g/mol. The third kappa shape index (κ3) is 2.89. The predicted molar refractivity (Wildman–Crippen MR) is 81.8 cm³/mol. The van der Waals surface area contributed by atoms with Gasteiger partial charge in [0.05, 0.1) is 5.69 Å². The molecule has 0 aliphatic rings. The fraction of sp³-hybridized carbons (Fsp3) is 0.118. The van der Waals surface area contributed by atoms with Crippen LogP contribution in [0.5, 0.6) is 0 Å². The van der Waals surface area contributed by atoms with E-state index in [2.05, 4.69) is 4.98 Å². The number of nitrogens with zero attached hydrogens (tertiary/aromatic N) is 1. The maximum atomic E-state index is 13.1. The fourth-order valence-electron chi connectivity index (χ4n) is 2.40. The number of halogens is 2. The molecule has 0 saturated heterocycles. The van der Waals surface area contributed by atoms with Crippen molar-refractivity contribution >= 4 is 22.4 Å². The van der Waals surface area contributed by atoms with Gasteiger partial charge in [0.25, 0.3) is 0 Å². The summed E-state index contributed by atoms with van der Waals surface area (Å²) in [4.78, 5) is 4.28. The maximum absolute atomic E-state index is 13.1. The molecule has 1 heterocycles. The molecule has 3 aromatic rings. The molecular weight excluding hydrogens is 289 g/mol. The van der Waals surface area contributed by atoms with Gasteiger partial charge in [-0.15, -0.1) is 0 Å². The zero-order valence-electron chi connectivity index (χ0n) is 11.1. The zero-order chi connectivity index (χ0) is 14.8. The number of rotatable bonds is 3. The zero-order valence-corrected chi connectivity index (χ0v) is 11.9. The second-order valence-corrected chi connectivity index (χ2v) is 5.28. The number of aliphatic hydroxyl groups is 1. The van der Waals surface area contributed by atoms with Crippen LogP contribution in [0.25, 0.3) is 10.8 Å². The van der Waals surface area contributed by atoms with Gasteiger partial charge in [0.1, 0.15) is 11.9 Å². The number of benzene rings is 2. The molecule has 1 aromatic heterocycles. The molecule has 1 N–H and O–H groups in total. The van der Waals surface area contributed by atoms with E-state index in [1.54, 1.807) is 12.3 Å². The van der Waals surface area contributed by atoms with E-state index in [0.717, 1.165) is 10.8 Å². The maximum Gasteiger partial charge on any atom is 0.124 e. The molecule has 0 spiro atoms. The van der Waals surface area contributed by atoms with E-state index in [1.165, 1.54) is 12.1 Å². The summed E-state index contributed by atoms with van der Waals surface area (Å²) in [5.74, 6) is -0.387. The van der Waals surface area contributed by atoms with Gasteiger partial charge in [-0.05, 0) is 29.1 Å². The van der Waals surface area contributed by atoms with Crippen molar-refractivity contribution in [2.45, 2.75) is 12.5 Å². The molecule has 21 heavy (non-hydrogen) atoms. The highest BCUT2D eigenvalue weighted by atomic mass is 35.5. The first-order chi connectivity index (χ1) is 10.1. The molecule has 0 aliphatic heterocycles. The van der Waals surface area contributed by atoms with Gasteiger partial charge in [-0.3, -0.25) is 4.98 Å². The molecule has 2 nitrogen and oxygen atoms in total. The van der Waals surface area contributed by atoms with Crippen LogP contribution < -0.4 is 0 Å². The third-order valence-corrected chi connectivity index (χ3v) is 3.80. The van der Waals surface area contributed by atoms with Crippen molar-refractivity contribution in [1.82, 2.24) is 4.98 Å². The van der Waals surface area contributed by atoms with Crippen molar-refractivity contribution in [2.24, 2.45) is 0 Å². The number of hydrogen-bond donors (Lipinski definition) is 1. The number of pyridine rings is 1. The molecule has 4 heteroatoms. The highest BCUT2D eigenvalue weighted by Crippen LogP contribution is 2.27. The first kappa shape index (κ1) is 14.0. The lowest BCUT2D eigenvalue weighted by atomic mass is 10.0. The number of fused-ring (bicyclic) bond motifs is 1. The molecule has 0 bridgehead atoms. The second kappa shape index (κ2) is 5.80. The van der Waals surface area contributed by atoms with Crippen LogP contribution in [0.2, 0.25) is 5.02 Å². The average molecular weight is 302 g/mol. The van der Waals surface area contributed by atoms with E-state index in [0.29, 0.717) is 22.7 Å². The highest BCUT2D eigenvalue weighted by Gasteiger charge is 2.15. The van der Waals surface area contributed by atoms with Crippen molar-refractivity contribution in [3.8, 4) is 0 Å². The Labute approximate surface area is 126 Å². The van der Waals surface area contributed by atoms with Gasteiger partial charge in [-0.2, -0.15) is 0 Å². The van der Waals surface area contributed by atoms with E-state index in [9.17, 15) is 9.50 Å². The molecule has 1 atom stereocenters. The van der Waals surface area contributed by atoms with Crippen molar-refractivity contribution < 1.29 is 9.50 Å². The Bertz CT molecular complexity index is 785. The predicted octanol–water partition coefficient (Wildman–Crippen LogP) is 4.30. The summed E-state index contributed by atoms with van der Waals surface area (Å²) in [5.41, 5.74) is 1.30. The van der Waals surface area contributed by atoms with E-state index in [4.69, 9.17) is 11.6 Å². The highest BCUT2D eigenvalue weighted by molar-refractivity contribution is 6.31. The Kier molecular flexibility index (Phi) is 3.86. The summed E-state index contributed by atoms with van der Waals surface area (Å²) in [5, 5.41) is 12.7. The Balaban J connectivity index is 1.95. The molecule has 2 aromatic carbocycles. The van der Waals surface area contributed by atoms with Crippen LogP contribution in [-0.4, -0.2) is 10.1 Å². The van der Waals surface area contributed by atoms with Crippen LogP contribution in [0.4, 0.5) is 4.39 Å². The number of aliphatic hydroxyl groups excluding tert-OH is 1. The molecule has 3 rings (SSSR count). The Morgan fingerprint density at radius 3 is 2.76 bits per heavy atom. The smallest absolute Gasteiger partial charge is 0.124 e. The standard InChI is InChI=1S/C17H13ClFNO/c18-15-10-13(19)6-5-12(15)9-16(21)17-14-4-2-1-3-11(14)7-8-20-17/h1-8,10,16,21H,9H2. The summed E-state index contributed by atoms with van der Waals surface area (Å²) in [6.45, 7) is 0. The summed E-state index contributed by atoms with van der Waals surface area (Å²) in [6, 6.07) is 13.8. The first-order valence-corrected chi connectivity index (χ1v) is 6.98. The molecule has 0 radical (unpaired) electrons. The van der Waals surface area contributed by atoms with Crippen molar-refractivity contribution in [1.29, 1.82) is 0 Å². The molecule has 1 unspecified atom stereocenters. The normalized spacial score (nSPS) is 12.5. The lowest BCUT2D eigenvalue weighted by Gasteiger charge is -2.13. The van der Waals surface area contributed by atoms with Gasteiger partial charge in [-0.1, -0.05) is 41.9 Å². The third-order valence-electron chi connectivity index (χ3n) is 3.45.